The van der Waals surface area contributed by atoms with E-state index in [4.69, 9.17) is 11.6 Å². The molecule has 4 nitrogen and oxygen atoms in total. The smallest absolute Gasteiger partial charge is 0.180 e. The van der Waals surface area contributed by atoms with Gasteiger partial charge < -0.3 is 5.32 Å². The average Bonchev–Trinajstić information content (AvgIpc) is 2.35. The number of aromatic nitrogens is 3. The predicted octanol–water partition coefficient (Wildman–Crippen LogP) is 2.45. The van der Waals surface area contributed by atoms with Crippen molar-refractivity contribution in [1.82, 2.24) is 15.0 Å². The molecule has 0 spiro atoms. The number of hydrogen-bond acceptors (Lipinski definition) is 4. The van der Waals surface area contributed by atoms with E-state index in [1.165, 1.54) is 0 Å². The van der Waals surface area contributed by atoms with Crippen molar-refractivity contribution in [2.45, 2.75) is 18.7 Å². The summed E-state index contributed by atoms with van der Waals surface area (Å²) in [6, 6.07) is 3.78. The zero-order valence-corrected chi connectivity index (χ0v) is 9.78. The topological polar surface area (TPSA) is 50.7 Å². The van der Waals surface area contributed by atoms with E-state index in [1.54, 1.807) is 12.4 Å². The zero-order chi connectivity index (χ0) is 11.4. The van der Waals surface area contributed by atoms with E-state index in [9.17, 15) is 0 Å². The normalized spacial score (nSPS) is 12.6. The Morgan fingerprint density at radius 3 is 2.94 bits per heavy atom. The Morgan fingerprint density at radius 1 is 1.31 bits per heavy atom. The molecule has 16 heavy (non-hydrogen) atoms. The molecule has 0 saturated carbocycles. The van der Waals surface area contributed by atoms with Crippen molar-refractivity contribution in [3.8, 4) is 0 Å². The van der Waals surface area contributed by atoms with Crippen molar-refractivity contribution in [2.75, 3.05) is 11.9 Å². The van der Waals surface area contributed by atoms with Gasteiger partial charge in [-0.1, -0.05) is 6.92 Å². The highest BCUT2D eigenvalue weighted by atomic mass is 35.5. The van der Waals surface area contributed by atoms with Crippen LogP contribution in [0.1, 0.15) is 13.3 Å². The molecule has 0 aromatic carbocycles. The molecule has 0 bridgehead atoms. The van der Waals surface area contributed by atoms with Gasteiger partial charge in [-0.3, -0.25) is 4.98 Å². The van der Waals surface area contributed by atoms with Gasteiger partial charge in [0.05, 0.1) is 5.38 Å². The van der Waals surface area contributed by atoms with Crippen molar-refractivity contribution in [1.29, 1.82) is 0 Å². The van der Waals surface area contributed by atoms with Crippen LogP contribution in [-0.2, 0) is 0 Å². The molecule has 1 unspecified atom stereocenters. The molecule has 0 aliphatic carbocycles. The number of rotatable bonds is 4. The van der Waals surface area contributed by atoms with Gasteiger partial charge in [0.2, 0.25) is 0 Å². The molecule has 2 rings (SSSR count). The molecule has 84 valence electrons. The third-order valence-electron chi connectivity index (χ3n) is 2.28. The summed E-state index contributed by atoms with van der Waals surface area (Å²) in [6.07, 6.45) is 4.22. The summed E-state index contributed by atoms with van der Waals surface area (Å²) in [5, 5.41) is 3.30. The molecule has 2 heterocycles. The predicted molar refractivity (Wildman–Crippen MR) is 65.8 cm³/mol. The number of halogens is 1. The van der Waals surface area contributed by atoms with Crippen LogP contribution in [0, 0.1) is 0 Å². The molecular formula is C11H13ClN4. The van der Waals surface area contributed by atoms with Crippen LogP contribution in [0.25, 0.3) is 11.2 Å². The summed E-state index contributed by atoms with van der Waals surface area (Å²) >= 11 is 6.02. The first kappa shape index (κ1) is 11.1. The molecule has 5 heteroatoms. The monoisotopic (exact) mass is 236 g/mol. The van der Waals surface area contributed by atoms with Gasteiger partial charge in [0.25, 0.3) is 0 Å². The van der Waals surface area contributed by atoms with Crippen LogP contribution in [0.3, 0.4) is 0 Å². The second-order valence-electron chi connectivity index (χ2n) is 3.48. The number of alkyl halides is 1. The SMILES string of the molecule is CCC(Cl)CNc1ccc2nccnc2n1. The second-order valence-corrected chi connectivity index (χ2v) is 4.10. The van der Waals surface area contributed by atoms with E-state index in [1.807, 2.05) is 12.1 Å². The molecule has 0 fully saturated rings. The van der Waals surface area contributed by atoms with Gasteiger partial charge in [0.1, 0.15) is 11.3 Å². The fourth-order valence-electron chi connectivity index (χ4n) is 1.31. The molecule has 0 radical (unpaired) electrons. The van der Waals surface area contributed by atoms with Crippen LogP contribution >= 0.6 is 11.6 Å². The van der Waals surface area contributed by atoms with E-state index in [-0.39, 0.29) is 5.38 Å². The summed E-state index contributed by atoms with van der Waals surface area (Å²) in [4.78, 5) is 12.6. The number of nitrogens with one attached hydrogen (secondary N) is 1. The first-order chi connectivity index (χ1) is 7.79. The maximum absolute atomic E-state index is 6.02. The van der Waals surface area contributed by atoms with Gasteiger partial charge in [-0.05, 0) is 18.6 Å². The summed E-state index contributed by atoms with van der Waals surface area (Å²) in [7, 11) is 0. The first-order valence-electron chi connectivity index (χ1n) is 5.25. The number of nitrogens with zero attached hydrogens (tertiary/aromatic N) is 3. The molecule has 2 aromatic heterocycles. The lowest BCUT2D eigenvalue weighted by atomic mass is 10.3. The number of pyridine rings is 1. The Labute approximate surface area is 99.1 Å². The van der Waals surface area contributed by atoms with Gasteiger partial charge in [-0.25, -0.2) is 9.97 Å². The fraction of sp³-hybridized carbons (Fsp3) is 0.364. The maximum Gasteiger partial charge on any atom is 0.180 e. The highest BCUT2D eigenvalue weighted by molar-refractivity contribution is 6.20. The van der Waals surface area contributed by atoms with Gasteiger partial charge in [0, 0.05) is 18.9 Å². The van der Waals surface area contributed by atoms with Crippen molar-refractivity contribution in [3.05, 3.63) is 24.5 Å². The van der Waals surface area contributed by atoms with Crippen molar-refractivity contribution in [3.63, 3.8) is 0 Å². The van der Waals surface area contributed by atoms with Crippen molar-refractivity contribution < 1.29 is 0 Å². The van der Waals surface area contributed by atoms with Crippen LogP contribution in [0.15, 0.2) is 24.5 Å². The van der Waals surface area contributed by atoms with Crippen LogP contribution in [-0.4, -0.2) is 26.9 Å². The quantitative estimate of drug-likeness (QED) is 0.829. The Bertz CT molecular complexity index is 474. The highest BCUT2D eigenvalue weighted by Crippen LogP contribution is 2.11. The van der Waals surface area contributed by atoms with E-state index < -0.39 is 0 Å². The third kappa shape index (κ3) is 2.58. The van der Waals surface area contributed by atoms with Gasteiger partial charge in [0.15, 0.2) is 5.65 Å². The highest BCUT2D eigenvalue weighted by Gasteiger charge is 2.03. The molecule has 2 aromatic rings. The van der Waals surface area contributed by atoms with Crippen LogP contribution in [0.2, 0.25) is 0 Å². The molecule has 0 aliphatic rings. The second kappa shape index (κ2) is 5.07. The number of fused-ring (bicyclic) bond motifs is 1. The van der Waals surface area contributed by atoms with E-state index >= 15 is 0 Å². The molecule has 1 atom stereocenters. The molecule has 0 aliphatic heterocycles. The van der Waals surface area contributed by atoms with Crippen LogP contribution < -0.4 is 5.32 Å². The standard InChI is InChI=1S/C11H13ClN4/c1-2-8(12)7-15-10-4-3-9-11(16-10)14-6-5-13-9/h3-6,8H,2,7H2,1H3,(H,14,15,16). The van der Waals surface area contributed by atoms with Crippen molar-refractivity contribution in [2.24, 2.45) is 0 Å². The minimum Gasteiger partial charge on any atom is -0.369 e. The Morgan fingerprint density at radius 2 is 2.12 bits per heavy atom. The fourth-order valence-corrected chi connectivity index (χ4v) is 1.39. The van der Waals surface area contributed by atoms with E-state index in [2.05, 4.69) is 27.2 Å². The zero-order valence-electron chi connectivity index (χ0n) is 9.02. The Hall–Kier alpha value is -1.42. The lowest BCUT2D eigenvalue weighted by molar-refractivity contribution is 0.841. The lowest BCUT2D eigenvalue weighted by Crippen LogP contribution is -2.13. The Kier molecular flexibility index (Phi) is 3.51. The maximum atomic E-state index is 6.02. The van der Waals surface area contributed by atoms with Crippen LogP contribution in [0.4, 0.5) is 5.82 Å². The van der Waals surface area contributed by atoms with Gasteiger partial charge >= 0.3 is 0 Å². The lowest BCUT2D eigenvalue weighted by Gasteiger charge is -2.08. The molecule has 1 N–H and O–H groups in total. The summed E-state index contributed by atoms with van der Waals surface area (Å²) in [6.45, 7) is 2.76. The minimum absolute atomic E-state index is 0.124. The van der Waals surface area contributed by atoms with Crippen LogP contribution in [0.5, 0.6) is 0 Å². The van der Waals surface area contributed by atoms with Crippen molar-refractivity contribution >= 4 is 28.6 Å². The van der Waals surface area contributed by atoms with Gasteiger partial charge in [-0.15, -0.1) is 11.6 Å². The summed E-state index contributed by atoms with van der Waals surface area (Å²) in [5.74, 6) is 0.784. The van der Waals surface area contributed by atoms with E-state index in [0.717, 1.165) is 17.8 Å². The summed E-state index contributed by atoms with van der Waals surface area (Å²) in [5.41, 5.74) is 1.45. The number of anilines is 1. The third-order valence-corrected chi connectivity index (χ3v) is 2.74. The number of hydrogen-bond donors (Lipinski definition) is 1. The summed E-state index contributed by atoms with van der Waals surface area (Å²) < 4.78 is 0. The molecule has 0 amide bonds. The van der Waals surface area contributed by atoms with Gasteiger partial charge in [-0.2, -0.15) is 0 Å². The molecular weight excluding hydrogens is 224 g/mol. The average molecular weight is 237 g/mol. The first-order valence-corrected chi connectivity index (χ1v) is 5.69. The minimum atomic E-state index is 0.124. The largest absolute Gasteiger partial charge is 0.369 e. The van der Waals surface area contributed by atoms with E-state index in [0.29, 0.717) is 12.2 Å². The Balaban J connectivity index is 2.13. The molecule has 0 saturated heterocycles.